The third-order valence-electron chi connectivity index (χ3n) is 5.05. The van der Waals surface area contributed by atoms with Crippen LogP contribution in [-0.2, 0) is 0 Å². The van der Waals surface area contributed by atoms with Crippen molar-refractivity contribution in [3.63, 3.8) is 0 Å². The van der Waals surface area contributed by atoms with Crippen LogP contribution in [0.3, 0.4) is 0 Å². The highest BCUT2D eigenvalue weighted by Crippen LogP contribution is 2.31. The summed E-state index contributed by atoms with van der Waals surface area (Å²) in [4.78, 5) is 25.5. The smallest absolute Gasteiger partial charge is 0.255 e. The van der Waals surface area contributed by atoms with Gasteiger partial charge in [-0.1, -0.05) is 12.1 Å². The number of anilines is 1. The topological polar surface area (TPSA) is 87.0 Å². The SMILES string of the molecule is CCOc1ccccc1-c1cc(=O)c2ccc(NC(=O)c3cc(OC)cc(OC)c3)cc2o1. The van der Waals surface area contributed by atoms with Gasteiger partial charge in [0.1, 0.15) is 28.6 Å². The highest BCUT2D eigenvalue weighted by atomic mass is 16.5. The van der Waals surface area contributed by atoms with Gasteiger partial charge < -0.3 is 23.9 Å². The van der Waals surface area contributed by atoms with Gasteiger partial charge in [0.05, 0.1) is 31.8 Å². The van der Waals surface area contributed by atoms with Crippen LogP contribution in [0.1, 0.15) is 17.3 Å². The predicted octanol–water partition coefficient (Wildman–Crippen LogP) is 5.13. The first-order valence-electron chi connectivity index (χ1n) is 10.4. The normalized spacial score (nSPS) is 10.6. The van der Waals surface area contributed by atoms with Crippen LogP contribution in [0.15, 0.2) is 75.9 Å². The van der Waals surface area contributed by atoms with E-state index in [-0.39, 0.29) is 11.3 Å². The van der Waals surface area contributed by atoms with Crippen LogP contribution < -0.4 is 25.0 Å². The number of rotatable bonds is 7. The molecule has 0 aliphatic rings. The number of hydrogen-bond acceptors (Lipinski definition) is 6. The summed E-state index contributed by atoms with van der Waals surface area (Å²) in [7, 11) is 3.03. The molecule has 1 aromatic heterocycles. The number of para-hydroxylation sites is 1. The van der Waals surface area contributed by atoms with Crippen LogP contribution in [0.2, 0.25) is 0 Å². The van der Waals surface area contributed by atoms with Gasteiger partial charge in [-0.2, -0.15) is 0 Å². The quantitative estimate of drug-likeness (QED) is 0.424. The van der Waals surface area contributed by atoms with E-state index in [1.54, 1.807) is 36.4 Å². The molecule has 0 saturated carbocycles. The Kier molecular flexibility index (Phi) is 6.31. The predicted molar refractivity (Wildman–Crippen MR) is 127 cm³/mol. The van der Waals surface area contributed by atoms with E-state index >= 15 is 0 Å². The van der Waals surface area contributed by atoms with Gasteiger partial charge in [0.15, 0.2) is 5.43 Å². The monoisotopic (exact) mass is 445 g/mol. The van der Waals surface area contributed by atoms with Gasteiger partial charge in [-0.25, -0.2) is 0 Å². The van der Waals surface area contributed by atoms with E-state index in [0.29, 0.717) is 57.4 Å². The number of benzene rings is 3. The highest BCUT2D eigenvalue weighted by molar-refractivity contribution is 6.05. The van der Waals surface area contributed by atoms with Crippen molar-refractivity contribution >= 4 is 22.6 Å². The first-order valence-corrected chi connectivity index (χ1v) is 10.4. The molecule has 0 saturated heterocycles. The lowest BCUT2D eigenvalue weighted by atomic mass is 10.1. The molecule has 4 rings (SSSR count). The van der Waals surface area contributed by atoms with E-state index < -0.39 is 0 Å². The van der Waals surface area contributed by atoms with Gasteiger partial charge in [0.2, 0.25) is 0 Å². The number of methoxy groups -OCH3 is 2. The van der Waals surface area contributed by atoms with Crippen molar-refractivity contribution in [3.05, 3.63) is 82.5 Å². The van der Waals surface area contributed by atoms with Crippen molar-refractivity contribution in [2.45, 2.75) is 6.92 Å². The van der Waals surface area contributed by atoms with Gasteiger partial charge >= 0.3 is 0 Å². The second-order valence-electron chi connectivity index (χ2n) is 7.17. The lowest BCUT2D eigenvalue weighted by Gasteiger charge is -2.11. The average Bonchev–Trinajstić information content (AvgIpc) is 2.84. The number of fused-ring (bicyclic) bond motifs is 1. The molecule has 0 fully saturated rings. The number of carbonyl (C=O) groups excluding carboxylic acids is 1. The van der Waals surface area contributed by atoms with Crippen molar-refractivity contribution in [2.75, 3.05) is 26.1 Å². The average molecular weight is 445 g/mol. The van der Waals surface area contributed by atoms with Crippen molar-refractivity contribution in [1.82, 2.24) is 0 Å². The molecule has 0 atom stereocenters. The summed E-state index contributed by atoms with van der Waals surface area (Å²) < 4.78 is 22.2. The molecule has 7 nitrogen and oxygen atoms in total. The van der Waals surface area contributed by atoms with Crippen molar-refractivity contribution in [1.29, 1.82) is 0 Å². The maximum Gasteiger partial charge on any atom is 0.255 e. The molecule has 33 heavy (non-hydrogen) atoms. The van der Waals surface area contributed by atoms with E-state index in [0.717, 1.165) is 0 Å². The van der Waals surface area contributed by atoms with Gasteiger partial charge in [-0.3, -0.25) is 9.59 Å². The van der Waals surface area contributed by atoms with E-state index in [1.165, 1.54) is 20.3 Å². The maximum atomic E-state index is 12.8. The summed E-state index contributed by atoms with van der Waals surface area (Å²) in [5.41, 5.74) is 1.69. The Morgan fingerprint density at radius 2 is 1.67 bits per heavy atom. The Bertz CT molecular complexity index is 1350. The standard InChI is InChI=1S/C26H23NO6/c1-4-32-23-8-6-5-7-21(23)25-15-22(28)20-10-9-17(13-24(20)33-25)27-26(29)16-11-18(30-2)14-19(12-16)31-3/h5-15H,4H2,1-3H3,(H,27,29). The molecule has 1 heterocycles. The molecule has 4 aromatic rings. The Morgan fingerprint density at radius 1 is 0.939 bits per heavy atom. The zero-order valence-electron chi connectivity index (χ0n) is 18.5. The summed E-state index contributed by atoms with van der Waals surface area (Å²) in [6.07, 6.45) is 0. The number of hydrogen-bond donors (Lipinski definition) is 1. The zero-order chi connectivity index (χ0) is 23.4. The molecule has 1 N–H and O–H groups in total. The molecule has 3 aromatic carbocycles. The van der Waals surface area contributed by atoms with Crippen molar-refractivity contribution < 1.29 is 23.4 Å². The minimum Gasteiger partial charge on any atom is -0.497 e. The van der Waals surface area contributed by atoms with Gasteiger partial charge in [0.25, 0.3) is 5.91 Å². The largest absolute Gasteiger partial charge is 0.497 e. The minimum absolute atomic E-state index is 0.187. The van der Waals surface area contributed by atoms with Crippen molar-refractivity contribution in [2.24, 2.45) is 0 Å². The maximum absolute atomic E-state index is 12.8. The lowest BCUT2D eigenvalue weighted by Crippen LogP contribution is -2.12. The lowest BCUT2D eigenvalue weighted by molar-refractivity contribution is 0.102. The van der Waals surface area contributed by atoms with Gasteiger partial charge in [0, 0.05) is 29.4 Å². The Labute approximate surface area is 190 Å². The first kappa shape index (κ1) is 22.0. The number of nitrogens with one attached hydrogen (secondary N) is 1. The van der Waals surface area contributed by atoms with Crippen LogP contribution in [0.25, 0.3) is 22.3 Å². The van der Waals surface area contributed by atoms with Crippen molar-refractivity contribution in [3.8, 4) is 28.6 Å². The summed E-state index contributed by atoms with van der Waals surface area (Å²) in [6, 6.07) is 18.6. The Balaban J connectivity index is 1.70. The molecule has 0 spiro atoms. The minimum atomic E-state index is -0.355. The third-order valence-corrected chi connectivity index (χ3v) is 5.05. The van der Waals surface area contributed by atoms with Gasteiger partial charge in [-0.05, 0) is 43.3 Å². The van der Waals surface area contributed by atoms with E-state index in [1.807, 2.05) is 31.2 Å². The first-order chi connectivity index (χ1) is 16.0. The van der Waals surface area contributed by atoms with Gasteiger partial charge in [-0.15, -0.1) is 0 Å². The Morgan fingerprint density at radius 3 is 2.36 bits per heavy atom. The van der Waals surface area contributed by atoms with E-state index in [9.17, 15) is 9.59 Å². The van der Waals surface area contributed by atoms with Crippen LogP contribution in [0.4, 0.5) is 5.69 Å². The summed E-state index contributed by atoms with van der Waals surface area (Å²) in [5, 5.41) is 3.24. The second kappa shape index (κ2) is 9.48. The second-order valence-corrected chi connectivity index (χ2v) is 7.17. The highest BCUT2D eigenvalue weighted by Gasteiger charge is 2.14. The number of ether oxygens (including phenoxy) is 3. The molecule has 0 radical (unpaired) electrons. The molecule has 0 aliphatic heterocycles. The molecule has 7 heteroatoms. The van der Waals surface area contributed by atoms with Crippen LogP contribution in [-0.4, -0.2) is 26.7 Å². The van der Waals surface area contributed by atoms with E-state index in [4.69, 9.17) is 18.6 Å². The molecule has 0 aliphatic carbocycles. The summed E-state index contributed by atoms with van der Waals surface area (Å²) >= 11 is 0. The molecule has 0 bridgehead atoms. The molecular weight excluding hydrogens is 422 g/mol. The summed E-state index contributed by atoms with van der Waals surface area (Å²) in [5.74, 6) is 1.66. The fourth-order valence-electron chi connectivity index (χ4n) is 3.46. The molecule has 168 valence electrons. The number of amides is 1. The zero-order valence-corrected chi connectivity index (χ0v) is 18.5. The number of carbonyl (C=O) groups is 1. The third kappa shape index (κ3) is 4.67. The van der Waals surface area contributed by atoms with Crippen LogP contribution >= 0.6 is 0 Å². The molecule has 0 unspecified atom stereocenters. The molecular formula is C26H23NO6. The van der Waals surface area contributed by atoms with Crippen LogP contribution in [0, 0.1) is 0 Å². The van der Waals surface area contributed by atoms with E-state index in [2.05, 4.69) is 5.32 Å². The Hall–Kier alpha value is -4.26. The molecule has 1 amide bonds. The van der Waals surface area contributed by atoms with Crippen LogP contribution in [0.5, 0.6) is 17.2 Å². The fourth-order valence-corrected chi connectivity index (χ4v) is 3.46. The summed E-state index contributed by atoms with van der Waals surface area (Å²) in [6.45, 7) is 2.38. The fraction of sp³-hybridized carbons (Fsp3) is 0.154.